The monoisotopic (exact) mass is 570 g/mol. The Kier molecular flexibility index (Phi) is 8.58. The van der Waals surface area contributed by atoms with E-state index in [0.29, 0.717) is 17.7 Å². The van der Waals surface area contributed by atoms with Crippen molar-refractivity contribution in [1.82, 2.24) is 5.32 Å². The molecule has 200 valence electrons. The standard InChI is InChI=1S/C28H21ClF2N2O5S/c29-20-16-26(22(31)17-21(20)30)39(36,37)33-23-13-7-8-14-25(23)38-28(35)24(15-18-9-3-1-4-10-18)32-27(34)19-11-5-2-6-12-19/h1-14,16-17,24,33H,15H2,(H,32,34)/t24-/m1/s1. The zero-order valence-corrected chi connectivity index (χ0v) is 21.7. The van der Waals surface area contributed by atoms with E-state index < -0.39 is 49.5 Å². The van der Waals surface area contributed by atoms with Crippen molar-refractivity contribution < 1.29 is 31.5 Å². The molecule has 4 aromatic rings. The number of amides is 1. The molecule has 0 radical (unpaired) electrons. The Morgan fingerprint density at radius 2 is 1.46 bits per heavy atom. The van der Waals surface area contributed by atoms with E-state index in [4.69, 9.17) is 16.3 Å². The maximum Gasteiger partial charge on any atom is 0.334 e. The smallest absolute Gasteiger partial charge is 0.334 e. The summed E-state index contributed by atoms with van der Waals surface area (Å²) in [6, 6.07) is 22.6. The van der Waals surface area contributed by atoms with Crippen LogP contribution in [0.2, 0.25) is 5.02 Å². The normalized spacial score (nSPS) is 11.9. The van der Waals surface area contributed by atoms with Gasteiger partial charge >= 0.3 is 5.97 Å². The van der Waals surface area contributed by atoms with Crippen LogP contribution in [0.1, 0.15) is 15.9 Å². The fraction of sp³-hybridized carbons (Fsp3) is 0.0714. The Bertz CT molecular complexity index is 1600. The van der Waals surface area contributed by atoms with Crippen LogP contribution < -0.4 is 14.8 Å². The van der Waals surface area contributed by atoms with E-state index >= 15 is 0 Å². The van der Waals surface area contributed by atoms with Crippen molar-refractivity contribution in [3.63, 3.8) is 0 Å². The van der Waals surface area contributed by atoms with Crippen molar-refractivity contribution in [1.29, 1.82) is 0 Å². The summed E-state index contributed by atoms with van der Waals surface area (Å²) in [4.78, 5) is 25.2. The second-order valence-corrected chi connectivity index (χ2v) is 10.4. The molecule has 0 aliphatic heterocycles. The van der Waals surface area contributed by atoms with Crippen LogP contribution in [-0.4, -0.2) is 26.3 Å². The van der Waals surface area contributed by atoms with Gasteiger partial charge in [-0.25, -0.2) is 22.0 Å². The van der Waals surface area contributed by atoms with Crippen LogP contribution in [0.3, 0.4) is 0 Å². The molecule has 0 bridgehead atoms. The summed E-state index contributed by atoms with van der Waals surface area (Å²) in [5, 5.41) is 2.07. The van der Waals surface area contributed by atoms with E-state index in [1.807, 2.05) is 0 Å². The number of carbonyl (C=O) groups is 2. The number of ether oxygens (including phenoxy) is 1. The largest absolute Gasteiger partial charge is 0.423 e. The minimum Gasteiger partial charge on any atom is -0.423 e. The summed E-state index contributed by atoms with van der Waals surface area (Å²) < 4.78 is 61.2. The van der Waals surface area contributed by atoms with Gasteiger partial charge in [-0.3, -0.25) is 9.52 Å². The molecule has 7 nitrogen and oxygen atoms in total. The van der Waals surface area contributed by atoms with E-state index in [2.05, 4.69) is 10.0 Å². The molecule has 11 heteroatoms. The third-order valence-corrected chi connectivity index (χ3v) is 7.18. The van der Waals surface area contributed by atoms with Crippen LogP contribution in [0.5, 0.6) is 5.75 Å². The zero-order chi connectivity index (χ0) is 28.0. The van der Waals surface area contributed by atoms with Gasteiger partial charge < -0.3 is 10.1 Å². The maximum atomic E-state index is 14.3. The lowest BCUT2D eigenvalue weighted by atomic mass is 10.1. The Hall–Kier alpha value is -4.28. The van der Waals surface area contributed by atoms with E-state index in [1.165, 1.54) is 24.3 Å². The third kappa shape index (κ3) is 6.98. The van der Waals surface area contributed by atoms with Gasteiger partial charge in [0.25, 0.3) is 15.9 Å². The molecule has 0 heterocycles. The minimum absolute atomic E-state index is 0.0887. The first-order valence-corrected chi connectivity index (χ1v) is 13.4. The molecule has 0 aromatic heterocycles. The first kappa shape index (κ1) is 27.7. The SMILES string of the molecule is O=C(N[C@H](Cc1ccccc1)C(=O)Oc1ccccc1NS(=O)(=O)c1cc(Cl)c(F)cc1F)c1ccccc1. The predicted octanol–water partition coefficient (Wildman–Crippen LogP) is 5.37. The number of para-hydroxylation sites is 2. The summed E-state index contributed by atoms with van der Waals surface area (Å²) >= 11 is 5.64. The average molecular weight is 571 g/mol. The quantitative estimate of drug-likeness (QED) is 0.160. The van der Waals surface area contributed by atoms with E-state index in [9.17, 15) is 26.8 Å². The van der Waals surface area contributed by atoms with Crippen molar-refractivity contribution in [2.45, 2.75) is 17.4 Å². The van der Waals surface area contributed by atoms with Gasteiger partial charge in [0, 0.05) is 18.1 Å². The van der Waals surface area contributed by atoms with Crippen LogP contribution in [0.15, 0.2) is 102 Å². The zero-order valence-electron chi connectivity index (χ0n) is 20.1. The summed E-state index contributed by atoms with van der Waals surface area (Å²) in [5.41, 5.74) is 0.875. The molecular formula is C28H21ClF2N2O5S. The van der Waals surface area contributed by atoms with Crippen molar-refractivity contribution in [3.8, 4) is 5.75 Å². The average Bonchev–Trinajstić information content (AvgIpc) is 2.92. The van der Waals surface area contributed by atoms with Gasteiger partial charge in [0.15, 0.2) is 5.75 Å². The molecule has 0 saturated carbocycles. The number of hydrogen-bond acceptors (Lipinski definition) is 5. The molecule has 0 fully saturated rings. The van der Waals surface area contributed by atoms with Crippen molar-refractivity contribution in [2.75, 3.05) is 4.72 Å². The highest BCUT2D eigenvalue weighted by molar-refractivity contribution is 7.92. The van der Waals surface area contributed by atoms with Gasteiger partial charge in [-0.1, -0.05) is 72.3 Å². The highest BCUT2D eigenvalue weighted by atomic mass is 35.5. The molecular weight excluding hydrogens is 550 g/mol. The Labute approximate surface area is 228 Å². The second-order valence-electron chi connectivity index (χ2n) is 8.30. The molecule has 4 aromatic carbocycles. The molecule has 0 unspecified atom stereocenters. The number of halogens is 3. The summed E-state index contributed by atoms with van der Waals surface area (Å²) in [6.45, 7) is 0. The molecule has 39 heavy (non-hydrogen) atoms. The van der Waals surface area contributed by atoms with Crippen LogP contribution >= 0.6 is 11.6 Å². The van der Waals surface area contributed by atoms with Crippen LogP contribution in [0.4, 0.5) is 14.5 Å². The van der Waals surface area contributed by atoms with E-state index in [-0.39, 0.29) is 17.9 Å². The number of sulfonamides is 1. The molecule has 0 aliphatic carbocycles. The minimum atomic E-state index is -4.60. The predicted molar refractivity (Wildman–Crippen MR) is 142 cm³/mol. The number of anilines is 1. The molecule has 1 amide bonds. The van der Waals surface area contributed by atoms with Gasteiger partial charge in [-0.2, -0.15) is 0 Å². The molecule has 0 saturated heterocycles. The van der Waals surface area contributed by atoms with Crippen LogP contribution in [0, 0.1) is 11.6 Å². The first-order chi connectivity index (χ1) is 18.6. The lowest BCUT2D eigenvalue weighted by Crippen LogP contribution is -2.44. The van der Waals surface area contributed by atoms with Gasteiger partial charge in [-0.15, -0.1) is 0 Å². The Balaban J connectivity index is 1.59. The number of nitrogens with one attached hydrogen (secondary N) is 2. The van der Waals surface area contributed by atoms with Crippen molar-refractivity contribution in [2.24, 2.45) is 0 Å². The molecule has 2 N–H and O–H groups in total. The summed E-state index contributed by atoms with van der Waals surface area (Å²) in [7, 11) is -4.60. The maximum absolute atomic E-state index is 14.3. The van der Waals surface area contributed by atoms with Crippen molar-refractivity contribution in [3.05, 3.63) is 125 Å². The van der Waals surface area contributed by atoms with E-state index in [1.54, 1.807) is 60.7 Å². The lowest BCUT2D eigenvalue weighted by molar-refractivity contribution is -0.136. The van der Waals surface area contributed by atoms with Crippen LogP contribution in [0.25, 0.3) is 0 Å². The molecule has 0 aliphatic rings. The topological polar surface area (TPSA) is 102 Å². The molecule has 0 spiro atoms. The van der Waals surface area contributed by atoms with Crippen molar-refractivity contribution >= 4 is 39.2 Å². The summed E-state index contributed by atoms with van der Waals surface area (Å²) in [6.07, 6.45) is 0.0887. The van der Waals surface area contributed by atoms with Gasteiger partial charge in [-0.05, 0) is 35.9 Å². The van der Waals surface area contributed by atoms with Crippen LogP contribution in [-0.2, 0) is 21.2 Å². The molecule has 1 atom stereocenters. The fourth-order valence-corrected chi connectivity index (χ4v) is 4.99. The number of carbonyl (C=O) groups excluding carboxylic acids is 2. The summed E-state index contributed by atoms with van der Waals surface area (Å²) in [5.74, 6) is -4.06. The molecule has 4 rings (SSSR count). The Morgan fingerprint density at radius 3 is 2.15 bits per heavy atom. The Morgan fingerprint density at radius 1 is 0.846 bits per heavy atom. The third-order valence-electron chi connectivity index (χ3n) is 5.51. The number of rotatable bonds is 9. The number of hydrogen-bond donors (Lipinski definition) is 2. The highest BCUT2D eigenvalue weighted by Crippen LogP contribution is 2.29. The highest BCUT2D eigenvalue weighted by Gasteiger charge is 2.27. The number of esters is 1. The lowest BCUT2D eigenvalue weighted by Gasteiger charge is -2.19. The fourth-order valence-electron chi connectivity index (χ4n) is 3.60. The van der Waals surface area contributed by atoms with Gasteiger partial charge in [0.1, 0.15) is 22.6 Å². The number of benzene rings is 4. The van der Waals surface area contributed by atoms with Gasteiger partial charge in [0.2, 0.25) is 0 Å². The van der Waals surface area contributed by atoms with E-state index in [0.717, 1.165) is 5.56 Å². The second kappa shape index (κ2) is 12.1. The van der Waals surface area contributed by atoms with Gasteiger partial charge in [0.05, 0.1) is 10.7 Å². The first-order valence-electron chi connectivity index (χ1n) is 11.5.